The van der Waals surface area contributed by atoms with Gasteiger partial charge in [0.2, 0.25) is 0 Å². The van der Waals surface area contributed by atoms with Gasteiger partial charge < -0.3 is 10.2 Å². The zero-order valence-electron chi connectivity index (χ0n) is 18.3. The number of anilines is 2. The highest BCUT2D eigenvalue weighted by Crippen LogP contribution is 2.32. The van der Waals surface area contributed by atoms with Gasteiger partial charge in [0.1, 0.15) is 12.2 Å². The number of aromatic nitrogens is 1. The fraction of sp³-hybridized carbons (Fsp3) is 0.130. The van der Waals surface area contributed by atoms with E-state index in [4.69, 9.17) is 0 Å². The van der Waals surface area contributed by atoms with Crippen LogP contribution in [0.3, 0.4) is 0 Å². The van der Waals surface area contributed by atoms with E-state index >= 15 is 0 Å². The van der Waals surface area contributed by atoms with Crippen molar-refractivity contribution in [3.63, 3.8) is 0 Å². The number of para-hydroxylation sites is 1. The molecule has 0 saturated carbocycles. The molecule has 9 nitrogen and oxygen atoms in total. The number of pyridine rings is 1. The van der Waals surface area contributed by atoms with Gasteiger partial charge in [-0.05, 0) is 54.1 Å². The second-order valence-electron chi connectivity index (χ2n) is 7.68. The lowest BCUT2D eigenvalue weighted by atomic mass is 10.2. The normalized spacial score (nSPS) is 14.3. The Bertz CT molecular complexity index is 1430. The molecular weight excluding hydrogens is 501 g/mol. The predicted molar refractivity (Wildman–Crippen MR) is 122 cm³/mol. The van der Waals surface area contributed by atoms with Crippen LogP contribution in [0.15, 0.2) is 77.8 Å². The molecule has 1 aromatic heterocycles. The van der Waals surface area contributed by atoms with Crippen molar-refractivity contribution in [2.45, 2.75) is 16.9 Å². The fourth-order valence-corrected chi connectivity index (χ4v) is 4.23. The Hall–Kier alpha value is -4.26. The summed E-state index contributed by atoms with van der Waals surface area (Å²) in [4.78, 5) is 42.8. The predicted octanol–water partition coefficient (Wildman–Crippen LogP) is 3.60. The number of carbonyl (C=O) groups is 3. The molecule has 1 fully saturated rings. The first-order valence-electron chi connectivity index (χ1n) is 10.3. The van der Waals surface area contributed by atoms with Crippen molar-refractivity contribution in [1.82, 2.24) is 9.88 Å². The molecule has 36 heavy (non-hydrogen) atoms. The third-order valence-electron chi connectivity index (χ3n) is 5.21. The quantitative estimate of drug-likeness (QED) is 0.499. The molecule has 0 aliphatic carbocycles. The second-order valence-corrected chi connectivity index (χ2v) is 9.62. The van der Waals surface area contributed by atoms with E-state index < -0.39 is 38.1 Å². The Morgan fingerprint density at radius 3 is 2.31 bits per heavy atom. The second kappa shape index (κ2) is 9.41. The molecule has 0 bridgehead atoms. The number of benzene rings is 2. The van der Waals surface area contributed by atoms with Crippen LogP contribution in [0.2, 0.25) is 0 Å². The van der Waals surface area contributed by atoms with Crippen LogP contribution in [-0.4, -0.2) is 48.2 Å². The average molecular weight is 518 g/mol. The van der Waals surface area contributed by atoms with E-state index in [0.29, 0.717) is 23.4 Å². The lowest BCUT2D eigenvalue weighted by Crippen LogP contribution is -2.33. The summed E-state index contributed by atoms with van der Waals surface area (Å²) in [7, 11) is -5.56. The summed E-state index contributed by atoms with van der Waals surface area (Å²) in [6, 6.07) is 14.3. The molecule has 0 spiro atoms. The van der Waals surface area contributed by atoms with E-state index in [0.717, 1.165) is 17.0 Å². The van der Waals surface area contributed by atoms with E-state index in [2.05, 4.69) is 10.3 Å². The smallest absolute Gasteiger partial charge is 0.321 e. The van der Waals surface area contributed by atoms with Crippen molar-refractivity contribution in [1.29, 1.82) is 0 Å². The minimum Gasteiger partial charge on any atom is -0.321 e. The van der Waals surface area contributed by atoms with Crippen molar-refractivity contribution < 1.29 is 36.0 Å². The van der Waals surface area contributed by atoms with Gasteiger partial charge in [0.25, 0.3) is 21.7 Å². The summed E-state index contributed by atoms with van der Waals surface area (Å²) in [5.41, 5.74) is -4.39. The third kappa shape index (κ3) is 4.91. The van der Waals surface area contributed by atoms with Crippen LogP contribution in [0, 0.1) is 0 Å². The van der Waals surface area contributed by atoms with Gasteiger partial charge in [0.15, 0.2) is 0 Å². The van der Waals surface area contributed by atoms with Gasteiger partial charge in [-0.2, -0.15) is 13.2 Å². The van der Waals surface area contributed by atoms with Gasteiger partial charge >= 0.3 is 11.5 Å². The number of alkyl halides is 3. The SMILES string of the molecule is O=C(Nc1ccccc1)c1cc(CN2CC(=O)N(c3ccc(S(=O)(=O)C(F)(F)F)cc3)C2=O)ccn1. The standard InChI is InChI=1S/C23H17F3N4O5S/c24-23(25,26)36(34,35)18-8-6-17(7-9-18)30-20(31)14-29(22(30)33)13-15-10-11-27-19(12-15)21(32)28-16-4-2-1-3-5-16/h1-12H,13-14H2,(H,28,32). The summed E-state index contributed by atoms with van der Waals surface area (Å²) in [5.74, 6) is -1.12. The largest absolute Gasteiger partial charge is 0.501 e. The third-order valence-corrected chi connectivity index (χ3v) is 6.71. The summed E-state index contributed by atoms with van der Waals surface area (Å²) in [6.07, 6.45) is 1.38. The van der Waals surface area contributed by atoms with E-state index in [1.165, 1.54) is 17.2 Å². The first kappa shape index (κ1) is 24.9. The minimum atomic E-state index is -5.56. The van der Waals surface area contributed by atoms with E-state index in [-0.39, 0.29) is 24.5 Å². The number of urea groups is 1. The molecular formula is C23H17F3N4O5S. The lowest BCUT2D eigenvalue weighted by molar-refractivity contribution is -0.116. The van der Waals surface area contributed by atoms with Gasteiger partial charge in [-0.25, -0.2) is 18.1 Å². The lowest BCUT2D eigenvalue weighted by Gasteiger charge is -2.18. The van der Waals surface area contributed by atoms with Crippen LogP contribution in [-0.2, 0) is 21.2 Å². The van der Waals surface area contributed by atoms with Crippen molar-refractivity contribution in [2.75, 3.05) is 16.8 Å². The number of rotatable bonds is 6. The van der Waals surface area contributed by atoms with Crippen molar-refractivity contribution in [3.05, 3.63) is 84.2 Å². The monoisotopic (exact) mass is 518 g/mol. The van der Waals surface area contributed by atoms with Gasteiger partial charge in [0, 0.05) is 18.4 Å². The molecule has 1 aliphatic heterocycles. The van der Waals surface area contributed by atoms with Gasteiger partial charge in [-0.1, -0.05) is 18.2 Å². The van der Waals surface area contributed by atoms with Crippen molar-refractivity contribution in [2.24, 2.45) is 0 Å². The molecule has 2 aromatic carbocycles. The topological polar surface area (TPSA) is 117 Å². The number of carbonyl (C=O) groups excluding carboxylic acids is 3. The number of nitrogens with zero attached hydrogens (tertiary/aromatic N) is 3. The van der Waals surface area contributed by atoms with E-state index in [1.54, 1.807) is 36.4 Å². The molecule has 1 N–H and O–H groups in total. The Morgan fingerprint density at radius 2 is 1.67 bits per heavy atom. The molecule has 3 aromatic rings. The van der Waals surface area contributed by atoms with Gasteiger partial charge in [-0.3, -0.25) is 14.6 Å². The van der Waals surface area contributed by atoms with Crippen LogP contribution in [0.1, 0.15) is 16.1 Å². The molecule has 4 amide bonds. The molecule has 4 rings (SSSR count). The minimum absolute atomic E-state index is 0.0459. The van der Waals surface area contributed by atoms with Crippen LogP contribution in [0.25, 0.3) is 0 Å². The summed E-state index contributed by atoms with van der Waals surface area (Å²) in [6.45, 7) is -0.370. The van der Waals surface area contributed by atoms with E-state index in [1.807, 2.05) is 0 Å². The zero-order valence-corrected chi connectivity index (χ0v) is 19.1. The average Bonchev–Trinajstić information content (AvgIpc) is 3.11. The van der Waals surface area contributed by atoms with E-state index in [9.17, 15) is 36.0 Å². The first-order chi connectivity index (χ1) is 17.0. The Morgan fingerprint density at radius 1 is 1.00 bits per heavy atom. The van der Waals surface area contributed by atoms with Crippen molar-refractivity contribution in [3.8, 4) is 0 Å². The maximum atomic E-state index is 12.9. The number of sulfone groups is 1. The molecule has 0 unspecified atom stereocenters. The molecule has 0 radical (unpaired) electrons. The van der Waals surface area contributed by atoms with Gasteiger partial charge in [-0.15, -0.1) is 0 Å². The number of hydrogen-bond acceptors (Lipinski definition) is 6. The van der Waals surface area contributed by atoms with Crippen LogP contribution >= 0.6 is 0 Å². The molecule has 0 atom stereocenters. The molecule has 1 saturated heterocycles. The highest BCUT2D eigenvalue weighted by molar-refractivity contribution is 7.92. The Labute approximate surface area is 203 Å². The van der Waals surface area contributed by atoms with Crippen LogP contribution in [0.5, 0.6) is 0 Å². The van der Waals surface area contributed by atoms with Crippen LogP contribution < -0.4 is 10.2 Å². The van der Waals surface area contributed by atoms with Gasteiger partial charge in [0.05, 0.1) is 10.6 Å². The number of hydrogen-bond donors (Lipinski definition) is 1. The fourth-order valence-electron chi connectivity index (χ4n) is 3.47. The highest BCUT2D eigenvalue weighted by Gasteiger charge is 2.47. The Balaban J connectivity index is 1.48. The number of halogens is 3. The maximum absolute atomic E-state index is 12.9. The Kier molecular flexibility index (Phi) is 6.50. The number of imide groups is 1. The molecule has 186 valence electrons. The summed E-state index contributed by atoms with van der Waals surface area (Å²) >= 11 is 0. The summed E-state index contributed by atoms with van der Waals surface area (Å²) in [5, 5.41) is 2.69. The van der Waals surface area contributed by atoms with Crippen molar-refractivity contribution >= 4 is 39.1 Å². The number of nitrogens with one attached hydrogen (secondary N) is 1. The molecule has 1 aliphatic rings. The first-order valence-corrected chi connectivity index (χ1v) is 11.8. The molecule has 2 heterocycles. The highest BCUT2D eigenvalue weighted by atomic mass is 32.2. The number of amides is 4. The molecule has 13 heteroatoms. The zero-order chi connectivity index (χ0) is 26.1. The van der Waals surface area contributed by atoms with Crippen LogP contribution in [0.4, 0.5) is 29.3 Å². The summed E-state index contributed by atoms with van der Waals surface area (Å²) < 4.78 is 61.3. The maximum Gasteiger partial charge on any atom is 0.501 e.